The lowest BCUT2D eigenvalue weighted by Crippen LogP contribution is -2.35. The van der Waals surface area contributed by atoms with Gasteiger partial charge in [-0.3, -0.25) is 9.78 Å². The van der Waals surface area contributed by atoms with Crippen LogP contribution in [0.25, 0.3) is 11.3 Å². The molecule has 1 amide bonds. The van der Waals surface area contributed by atoms with Crippen molar-refractivity contribution < 1.29 is 4.79 Å². The van der Waals surface area contributed by atoms with Crippen LogP contribution >= 0.6 is 12.4 Å². The number of rotatable bonds is 2. The van der Waals surface area contributed by atoms with Crippen LogP contribution in [-0.2, 0) is 0 Å². The van der Waals surface area contributed by atoms with Crippen molar-refractivity contribution in [2.45, 2.75) is 5.92 Å². The van der Waals surface area contributed by atoms with Crippen LogP contribution in [0.5, 0.6) is 0 Å². The molecular weight excluding hydrogens is 310 g/mol. The monoisotopic (exact) mass is 325 g/mol. The van der Waals surface area contributed by atoms with Crippen LogP contribution in [0.2, 0.25) is 0 Å². The average molecular weight is 326 g/mol. The molecule has 116 valence electrons. The van der Waals surface area contributed by atoms with Crippen molar-refractivity contribution >= 4 is 18.3 Å². The zero-order valence-electron chi connectivity index (χ0n) is 12.3. The van der Waals surface area contributed by atoms with Gasteiger partial charge in [0.25, 0.3) is 5.91 Å². The van der Waals surface area contributed by atoms with Crippen LogP contribution in [0.4, 0.5) is 0 Å². The van der Waals surface area contributed by atoms with Gasteiger partial charge in [-0.2, -0.15) is 0 Å². The molecule has 5 heteroatoms. The third-order valence-corrected chi connectivity index (χ3v) is 4.10. The Morgan fingerprint density at radius 1 is 1.04 bits per heavy atom. The summed E-state index contributed by atoms with van der Waals surface area (Å²) in [6.45, 7) is 0.617. The number of hydrogen-bond donors (Lipinski definition) is 2. The highest BCUT2D eigenvalue weighted by Gasteiger charge is 2.28. The van der Waals surface area contributed by atoms with Gasteiger partial charge in [0.15, 0.2) is 0 Å². The summed E-state index contributed by atoms with van der Waals surface area (Å²) in [5.74, 6) is 0.142. The summed E-state index contributed by atoms with van der Waals surface area (Å²) in [6.07, 6.45) is 3.51. The fourth-order valence-electron chi connectivity index (χ4n) is 2.98. The van der Waals surface area contributed by atoms with Crippen LogP contribution in [0.1, 0.15) is 27.5 Å². The van der Waals surface area contributed by atoms with E-state index in [0.29, 0.717) is 6.54 Å². The minimum absolute atomic E-state index is 0. The first-order valence-electron chi connectivity index (χ1n) is 7.29. The molecule has 3 aromatic rings. The van der Waals surface area contributed by atoms with Gasteiger partial charge in [0.05, 0.1) is 5.56 Å². The molecule has 1 aromatic carbocycles. The SMILES string of the molecule is Cl.O=C1NCC(c2ccccc2)c2[nH]c(-c3ccncc3)cc21. The van der Waals surface area contributed by atoms with Gasteiger partial charge in [-0.1, -0.05) is 30.3 Å². The lowest BCUT2D eigenvalue weighted by Gasteiger charge is -2.23. The first kappa shape index (κ1) is 15.3. The van der Waals surface area contributed by atoms with Crippen molar-refractivity contribution in [3.05, 3.63) is 77.7 Å². The molecule has 0 bridgehead atoms. The summed E-state index contributed by atoms with van der Waals surface area (Å²) < 4.78 is 0. The number of aromatic nitrogens is 2. The summed E-state index contributed by atoms with van der Waals surface area (Å²) in [7, 11) is 0. The standard InChI is InChI=1S/C18H15N3O.ClH/c22-18-14-10-16(13-6-8-19-9-7-13)21-17(14)15(11-20-18)12-4-2-1-3-5-12;/h1-10,15,21H,11H2,(H,20,22);1H. The highest BCUT2D eigenvalue weighted by Crippen LogP contribution is 2.32. The van der Waals surface area contributed by atoms with Crippen molar-refractivity contribution in [3.8, 4) is 11.3 Å². The number of aromatic amines is 1. The molecule has 1 aliphatic heterocycles. The first-order chi connectivity index (χ1) is 10.8. The van der Waals surface area contributed by atoms with Crippen molar-refractivity contribution in [3.63, 3.8) is 0 Å². The topological polar surface area (TPSA) is 57.8 Å². The number of fused-ring (bicyclic) bond motifs is 1. The number of hydrogen-bond acceptors (Lipinski definition) is 2. The molecule has 0 fully saturated rings. The molecule has 2 aromatic heterocycles. The minimum atomic E-state index is -0.0151. The molecule has 4 nitrogen and oxygen atoms in total. The van der Waals surface area contributed by atoms with E-state index in [1.165, 1.54) is 5.56 Å². The fourth-order valence-corrected chi connectivity index (χ4v) is 2.98. The molecule has 0 radical (unpaired) electrons. The van der Waals surface area contributed by atoms with Gasteiger partial charge in [-0.15, -0.1) is 12.4 Å². The molecule has 2 N–H and O–H groups in total. The summed E-state index contributed by atoms with van der Waals surface area (Å²) in [4.78, 5) is 19.6. The molecule has 1 aliphatic rings. The van der Waals surface area contributed by atoms with Crippen LogP contribution in [0.3, 0.4) is 0 Å². The number of nitrogens with zero attached hydrogens (tertiary/aromatic N) is 1. The Bertz CT molecular complexity index is 815. The predicted molar refractivity (Wildman–Crippen MR) is 91.9 cm³/mol. The van der Waals surface area contributed by atoms with E-state index in [9.17, 15) is 4.79 Å². The highest BCUT2D eigenvalue weighted by molar-refractivity contribution is 5.98. The maximum absolute atomic E-state index is 12.2. The third kappa shape index (κ3) is 2.73. The molecule has 0 saturated heterocycles. The maximum Gasteiger partial charge on any atom is 0.253 e. The third-order valence-electron chi connectivity index (χ3n) is 4.10. The number of halogens is 1. The second-order valence-corrected chi connectivity index (χ2v) is 5.42. The summed E-state index contributed by atoms with van der Waals surface area (Å²) in [6, 6.07) is 16.0. The predicted octanol–water partition coefficient (Wildman–Crippen LogP) is 3.37. The molecule has 0 saturated carbocycles. The number of nitrogens with one attached hydrogen (secondary N) is 2. The molecule has 1 unspecified atom stereocenters. The zero-order valence-corrected chi connectivity index (χ0v) is 13.1. The average Bonchev–Trinajstić information content (AvgIpc) is 3.03. The number of H-pyrrole nitrogens is 1. The van der Waals surface area contributed by atoms with Gasteiger partial charge >= 0.3 is 0 Å². The Kier molecular flexibility index (Phi) is 4.17. The van der Waals surface area contributed by atoms with E-state index in [0.717, 1.165) is 22.5 Å². The Balaban J connectivity index is 0.00000156. The van der Waals surface area contributed by atoms with E-state index in [1.807, 2.05) is 36.4 Å². The largest absolute Gasteiger partial charge is 0.357 e. The zero-order chi connectivity index (χ0) is 14.9. The van der Waals surface area contributed by atoms with Gasteiger partial charge in [0.1, 0.15) is 0 Å². The Hall–Kier alpha value is -2.59. The molecule has 0 spiro atoms. The van der Waals surface area contributed by atoms with Crippen LogP contribution < -0.4 is 5.32 Å². The number of carbonyl (C=O) groups excluding carboxylic acids is 1. The number of carbonyl (C=O) groups is 1. The lowest BCUT2D eigenvalue weighted by atomic mass is 9.90. The maximum atomic E-state index is 12.2. The quantitative estimate of drug-likeness (QED) is 0.759. The van der Waals surface area contributed by atoms with Crippen molar-refractivity contribution in [1.29, 1.82) is 0 Å². The van der Waals surface area contributed by atoms with Gasteiger partial charge in [-0.25, -0.2) is 0 Å². The van der Waals surface area contributed by atoms with Gasteiger partial charge in [-0.05, 0) is 23.8 Å². The van der Waals surface area contributed by atoms with Gasteiger partial charge in [0.2, 0.25) is 0 Å². The van der Waals surface area contributed by atoms with E-state index in [-0.39, 0.29) is 24.2 Å². The minimum Gasteiger partial charge on any atom is -0.357 e. The molecular formula is C18H16ClN3O. The van der Waals surface area contributed by atoms with E-state index in [1.54, 1.807) is 12.4 Å². The Labute approximate surface area is 140 Å². The second-order valence-electron chi connectivity index (χ2n) is 5.42. The van der Waals surface area contributed by atoms with Crippen molar-refractivity contribution in [2.24, 2.45) is 0 Å². The van der Waals surface area contributed by atoms with Crippen LogP contribution in [-0.4, -0.2) is 22.4 Å². The van der Waals surface area contributed by atoms with Crippen LogP contribution in [0.15, 0.2) is 60.9 Å². The van der Waals surface area contributed by atoms with E-state index >= 15 is 0 Å². The molecule has 0 aliphatic carbocycles. The molecule has 23 heavy (non-hydrogen) atoms. The molecule has 4 rings (SSSR count). The summed E-state index contributed by atoms with van der Waals surface area (Å²) in [5, 5.41) is 2.98. The molecule has 1 atom stereocenters. The summed E-state index contributed by atoms with van der Waals surface area (Å²) >= 11 is 0. The smallest absolute Gasteiger partial charge is 0.253 e. The van der Waals surface area contributed by atoms with E-state index in [2.05, 4.69) is 27.4 Å². The number of benzene rings is 1. The van der Waals surface area contributed by atoms with Crippen molar-refractivity contribution in [1.82, 2.24) is 15.3 Å². The van der Waals surface area contributed by atoms with Crippen molar-refractivity contribution in [2.75, 3.05) is 6.54 Å². The van der Waals surface area contributed by atoms with Gasteiger partial charge in [0, 0.05) is 41.8 Å². The fraction of sp³-hybridized carbons (Fsp3) is 0.111. The number of pyridine rings is 1. The van der Waals surface area contributed by atoms with E-state index in [4.69, 9.17) is 0 Å². The van der Waals surface area contributed by atoms with E-state index < -0.39 is 0 Å². The summed E-state index contributed by atoms with van der Waals surface area (Å²) in [5.41, 5.74) is 4.90. The highest BCUT2D eigenvalue weighted by atomic mass is 35.5. The molecule has 3 heterocycles. The van der Waals surface area contributed by atoms with Gasteiger partial charge < -0.3 is 10.3 Å². The Morgan fingerprint density at radius 3 is 2.52 bits per heavy atom. The van der Waals surface area contributed by atoms with Crippen LogP contribution in [0, 0.1) is 0 Å². The lowest BCUT2D eigenvalue weighted by molar-refractivity contribution is 0.0942. The first-order valence-corrected chi connectivity index (χ1v) is 7.29. The second kappa shape index (κ2) is 6.26. The Morgan fingerprint density at radius 2 is 1.78 bits per heavy atom. The normalized spacial score (nSPS) is 16.2. The number of amides is 1.